The summed E-state index contributed by atoms with van der Waals surface area (Å²) in [5.74, 6) is 5.33. The van der Waals surface area contributed by atoms with Crippen molar-refractivity contribution in [2.45, 2.75) is 111 Å². The van der Waals surface area contributed by atoms with Crippen molar-refractivity contribution in [1.29, 1.82) is 0 Å². The quantitative estimate of drug-likeness (QED) is 0.156. The van der Waals surface area contributed by atoms with Gasteiger partial charge in [-0.05, 0) is 125 Å². The first-order valence-electron chi connectivity index (χ1n) is 20.4. The van der Waals surface area contributed by atoms with Crippen LogP contribution in [0, 0.1) is 45.4 Å². The third-order valence-corrected chi connectivity index (χ3v) is 12.9. The van der Waals surface area contributed by atoms with Crippen LogP contribution in [0.1, 0.15) is 111 Å². The number of rotatable bonds is 7. The van der Waals surface area contributed by atoms with E-state index >= 15 is 0 Å². The zero-order valence-electron chi connectivity index (χ0n) is 32.1. The molecule has 5 nitrogen and oxygen atoms in total. The first-order valence-corrected chi connectivity index (χ1v) is 20.4. The maximum atomic E-state index is 6.74. The summed E-state index contributed by atoms with van der Waals surface area (Å²) in [5, 5.41) is 7.74. The average molecular weight is 703 g/mol. The number of benzene rings is 3. The minimum Gasteiger partial charge on any atom is -0.457 e. The predicted molar refractivity (Wildman–Crippen MR) is 218 cm³/mol. The van der Waals surface area contributed by atoms with Crippen molar-refractivity contribution in [2.24, 2.45) is 17.8 Å². The Hall–Kier alpha value is -4.64. The molecular weight excluding hydrogens is 649 g/mol. The van der Waals surface area contributed by atoms with Crippen LogP contribution in [0.4, 0.5) is 0 Å². The molecule has 0 radical (unpaired) electrons. The van der Waals surface area contributed by atoms with Crippen LogP contribution in [-0.4, -0.2) is 19.3 Å². The maximum absolute atomic E-state index is 6.74. The Morgan fingerprint density at radius 3 is 2.26 bits per heavy atom. The van der Waals surface area contributed by atoms with E-state index in [0.717, 1.165) is 57.4 Å². The fourth-order valence-electron chi connectivity index (χ4n) is 10.6. The van der Waals surface area contributed by atoms with E-state index in [-0.39, 0.29) is 0 Å². The normalized spacial score (nSPS) is 20.3. The largest absolute Gasteiger partial charge is 0.457 e. The Bertz CT molecular complexity index is 2310. The summed E-state index contributed by atoms with van der Waals surface area (Å²) in [5.41, 5.74) is 11.4. The van der Waals surface area contributed by atoms with Crippen molar-refractivity contribution in [3.8, 4) is 23.0 Å². The van der Waals surface area contributed by atoms with Gasteiger partial charge in [0.2, 0.25) is 0 Å². The monoisotopic (exact) mass is 702 g/mol. The number of ether oxygens (including phenoxy) is 1. The third-order valence-electron chi connectivity index (χ3n) is 12.9. The molecule has 3 aliphatic carbocycles. The highest BCUT2D eigenvalue weighted by atomic mass is 16.5. The lowest BCUT2D eigenvalue weighted by atomic mass is 9.62. The summed E-state index contributed by atoms with van der Waals surface area (Å²) in [6.07, 6.45) is 21.0. The molecule has 0 N–H and O–H groups in total. The highest BCUT2D eigenvalue weighted by Gasteiger charge is 2.40. The Labute approximate surface area is 315 Å². The van der Waals surface area contributed by atoms with E-state index < -0.39 is 0 Å². The number of pyridine rings is 1. The highest BCUT2D eigenvalue weighted by molar-refractivity contribution is 6.09. The van der Waals surface area contributed by atoms with Gasteiger partial charge in [0.15, 0.2) is 0 Å². The molecule has 0 bridgehead atoms. The van der Waals surface area contributed by atoms with E-state index in [1.54, 1.807) is 5.57 Å². The summed E-state index contributed by atoms with van der Waals surface area (Å²) in [6.45, 7) is 8.88. The molecule has 3 aromatic heterocycles. The molecule has 3 aromatic carbocycles. The fraction of sp³-hybridized carbons (Fsp3) is 0.417. The van der Waals surface area contributed by atoms with E-state index in [0.29, 0.717) is 5.92 Å². The molecule has 2 atom stereocenters. The van der Waals surface area contributed by atoms with Crippen LogP contribution in [0.3, 0.4) is 0 Å². The number of nitrogens with zero attached hydrogens (tertiary/aromatic N) is 4. The second-order valence-corrected chi connectivity index (χ2v) is 16.5. The summed E-state index contributed by atoms with van der Waals surface area (Å²) >= 11 is 0. The smallest absolute Gasteiger partial charge is 0.137 e. The second kappa shape index (κ2) is 14.3. The average Bonchev–Trinajstić information content (AvgIpc) is 3.67. The topological polar surface area (TPSA) is 44.9 Å². The summed E-state index contributed by atoms with van der Waals surface area (Å²) in [7, 11) is 0. The van der Waals surface area contributed by atoms with Crippen LogP contribution in [0.25, 0.3) is 33.3 Å². The lowest BCUT2D eigenvalue weighted by Crippen LogP contribution is -2.31. The van der Waals surface area contributed by atoms with Crippen LogP contribution in [0.15, 0.2) is 90.6 Å². The zero-order chi connectivity index (χ0) is 36.1. The van der Waals surface area contributed by atoms with E-state index in [2.05, 4.69) is 110 Å². The number of hydrogen-bond acceptors (Lipinski definition) is 3. The summed E-state index contributed by atoms with van der Waals surface area (Å²) in [4.78, 5) is 4.77. The molecule has 0 unspecified atom stereocenters. The van der Waals surface area contributed by atoms with Gasteiger partial charge in [-0.15, -0.1) is 0 Å². The lowest BCUT2D eigenvalue weighted by molar-refractivity contribution is 0.198. The Morgan fingerprint density at radius 2 is 1.45 bits per heavy atom. The van der Waals surface area contributed by atoms with Gasteiger partial charge in [-0.2, -0.15) is 5.10 Å². The fourth-order valence-corrected chi connectivity index (χ4v) is 10.6. The SMILES string of the molecule is Cc1cc(Oc2ccc3c4ccccc4n(-c4cc(C)ccn4)c3c2)cc(-n2nc(C)c([C@@H]3C(C4CCCCC4)=CCC[C@@H]3C3CCCCC3)c2C)c1. The van der Waals surface area contributed by atoms with E-state index in [4.69, 9.17) is 14.8 Å². The molecule has 3 heterocycles. The summed E-state index contributed by atoms with van der Waals surface area (Å²) < 4.78 is 11.2. The van der Waals surface area contributed by atoms with E-state index in [9.17, 15) is 0 Å². The molecule has 3 aliphatic rings. The van der Waals surface area contributed by atoms with Crippen LogP contribution >= 0.6 is 0 Å². The van der Waals surface area contributed by atoms with Gasteiger partial charge < -0.3 is 4.74 Å². The molecule has 53 heavy (non-hydrogen) atoms. The van der Waals surface area contributed by atoms with Crippen molar-refractivity contribution in [1.82, 2.24) is 19.3 Å². The minimum atomic E-state index is 0.491. The Kier molecular flexibility index (Phi) is 9.22. The molecule has 0 aliphatic heterocycles. The van der Waals surface area contributed by atoms with Gasteiger partial charge in [0.25, 0.3) is 0 Å². The first kappa shape index (κ1) is 34.1. The minimum absolute atomic E-state index is 0.491. The van der Waals surface area contributed by atoms with Gasteiger partial charge >= 0.3 is 0 Å². The third kappa shape index (κ3) is 6.40. The number of fused-ring (bicyclic) bond motifs is 3. The standard InChI is InChI=1S/C48H54N4O/c1-31-24-25-49-46(28-31)51-44-21-12-11-18-42(44)43-23-22-38(30-45(43)51)53-39-27-32(2)26-37(29-39)52-34(4)47(33(3)50-52)48-40(35-14-7-5-8-15-35)19-13-20-41(48)36-16-9-6-10-17-36/h11-12,18-19,21-30,35-36,41,48H,5-10,13-17,20H2,1-4H3/t41-,48-/m1/s1. The molecule has 2 saturated carbocycles. The first-order chi connectivity index (χ1) is 25.9. The van der Waals surface area contributed by atoms with Crippen LogP contribution in [0.2, 0.25) is 0 Å². The van der Waals surface area contributed by atoms with Gasteiger partial charge in [-0.3, -0.25) is 4.57 Å². The Balaban J connectivity index is 1.09. The second-order valence-electron chi connectivity index (χ2n) is 16.5. The molecule has 9 rings (SSSR count). The van der Waals surface area contributed by atoms with Crippen molar-refractivity contribution in [3.05, 3.63) is 119 Å². The van der Waals surface area contributed by atoms with Crippen LogP contribution in [-0.2, 0) is 0 Å². The molecule has 0 amide bonds. The van der Waals surface area contributed by atoms with Crippen molar-refractivity contribution >= 4 is 21.8 Å². The maximum Gasteiger partial charge on any atom is 0.137 e. The van der Waals surface area contributed by atoms with Crippen LogP contribution in [0.5, 0.6) is 11.5 Å². The predicted octanol–water partition coefficient (Wildman–Crippen LogP) is 13.0. The van der Waals surface area contributed by atoms with Gasteiger partial charge in [0.05, 0.1) is 22.4 Å². The number of aromatic nitrogens is 4. The van der Waals surface area contributed by atoms with Crippen LogP contribution < -0.4 is 4.74 Å². The molecule has 5 heteroatoms. The molecular formula is C48H54N4O. The highest BCUT2D eigenvalue weighted by Crippen LogP contribution is 2.52. The van der Waals surface area contributed by atoms with Gasteiger partial charge in [-0.1, -0.05) is 81.2 Å². The molecule has 6 aromatic rings. The van der Waals surface area contributed by atoms with Gasteiger partial charge in [0, 0.05) is 46.3 Å². The molecule has 2 fully saturated rings. The van der Waals surface area contributed by atoms with E-state index in [1.807, 2.05) is 12.3 Å². The molecule has 272 valence electrons. The van der Waals surface area contributed by atoms with Gasteiger partial charge in [-0.25, -0.2) is 9.67 Å². The number of allylic oxidation sites excluding steroid dienone is 2. The van der Waals surface area contributed by atoms with Crippen molar-refractivity contribution in [3.63, 3.8) is 0 Å². The van der Waals surface area contributed by atoms with Gasteiger partial charge in [0.1, 0.15) is 17.3 Å². The zero-order valence-corrected chi connectivity index (χ0v) is 32.1. The number of para-hydroxylation sites is 1. The molecule has 0 spiro atoms. The Morgan fingerprint density at radius 1 is 0.679 bits per heavy atom. The van der Waals surface area contributed by atoms with E-state index in [1.165, 1.54) is 110 Å². The molecule has 0 saturated heterocycles. The van der Waals surface area contributed by atoms with Crippen molar-refractivity contribution in [2.75, 3.05) is 0 Å². The lowest BCUT2D eigenvalue weighted by Gasteiger charge is -2.43. The number of hydrogen-bond donors (Lipinski definition) is 0. The van der Waals surface area contributed by atoms with Crippen molar-refractivity contribution < 1.29 is 4.74 Å². The summed E-state index contributed by atoms with van der Waals surface area (Å²) in [6, 6.07) is 25.8. The number of aryl methyl sites for hydroxylation is 3.